The topological polar surface area (TPSA) is 75.4 Å². The second-order valence-corrected chi connectivity index (χ2v) is 6.92. The molecule has 2 heterocycles. The van der Waals surface area contributed by atoms with Crippen LogP contribution in [0.2, 0.25) is 0 Å². The molecule has 6 heteroatoms. The molecule has 1 aliphatic heterocycles. The first-order valence-corrected chi connectivity index (χ1v) is 8.80. The van der Waals surface area contributed by atoms with E-state index in [9.17, 15) is 14.7 Å². The summed E-state index contributed by atoms with van der Waals surface area (Å²) >= 11 is 0. The Morgan fingerprint density at radius 2 is 1.88 bits per heavy atom. The molecule has 3 atom stereocenters. The van der Waals surface area contributed by atoms with Gasteiger partial charge in [0.15, 0.2) is 0 Å². The van der Waals surface area contributed by atoms with E-state index in [1.165, 1.54) is 6.20 Å². The molecule has 0 radical (unpaired) electrons. The van der Waals surface area contributed by atoms with Crippen LogP contribution < -0.4 is 0 Å². The van der Waals surface area contributed by atoms with Crippen LogP contribution in [0.1, 0.15) is 42.5 Å². The zero-order valence-corrected chi connectivity index (χ0v) is 13.9. The predicted octanol–water partition coefficient (Wildman–Crippen LogP) is 2.73. The molecule has 4 rings (SSSR count). The number of carbonyl (C=O) groups excluding carboxylic acids is 1. The Morgan fingerprint density at radius 3 is 2.64 bits per heavy atom. The number of rotatable bonds is 3. The molecule has 1 saturated heterocycles. The maximum absolute atomic E-state index is 13.1. The minimum atomic E-state index is -0.904. The van der Waals surface area contributed by atoms with Crippen molar-refractivity contribution in [2.75, 3.05) is 0 Å². The third kappa shape index (κ3) is 2.81. The first kappa shape index (κ1) is 15.9. The second-order valence-electron chi connectivity index (χ2n) is 6.92. The fraction of sp³-hybridized carbons (Fsp3) is 0.421. The Kier molecular flexibility index (Phi) is 4.03. The van der Waals surface area contributed by atoms with Crippen molar-refractivity contribution >= 4 is 11.9 Å². The number of benzene rings is 1. The molecule has 0 spiro atoms. The highest BCUT2D eigenvalue weighted by Gasteiger charge is 2.47. The van der Waals surface area contributed by atoms with Crippen molar-refractivity contribution in [2.24, 2.45) is 5.92 Å². The van der Waals surface area contributed by atoms with Crippen molar-refractivity contribution in [3.8, 4) is 5.69 Å². The standard InChI is InChI=1S/C19H21N3O3/c23-18(14-11-20-21(12-14)15-7-2-1-3-8-15)22-16-9-5-4-6-13(16)10-17(22)19(24)25/h1-3,7-8,11-13,16-17H,4-6,9-10H2,(H,24,25)/t13-,16+,17+/m1/s1. The predicted molar refractivity (Wildman–Crippen MR) is 91.5 cm³/mol. The summed E-state index contributed by atoms with van der Waals surface area (Å²) in [6.07, 6.45) is 7.88. The van der Waals surface area contributed by atoms with Crippen LogP contribution in [0.15, 0.2) is 42.7 Å². The zero-order valence-electron chi connectivity index (χ0n) is 13.9. The first-order chi connectivity index (χ1) is 12.1. The molecule has 1 N–H and O–H groups in total. The number of hydrogen-bond donors (Lipinski definition) is 1. The van der Waals surface area contributed by atoms with E-state index in [1.807, 2.05) is 30.3 Å². The van der Waals surface area contributed by atoms with Crippen LogP contribution in [0.4, 0.5) is 0 Å². The molecule has 0 unspecified atom stereocenters. The molecule has 2 aliphatic rings. The van der Waals surface area contributed by atoms with Gasteiger partial charge in [0.05, 0.1) is 17.4 Å². The van der Waals surface area contributed by atoms with Gasteiger partial charge in [0.2, 0.25) is 0 Å². The maximum Gasteiger partial charge on any atom is 0.326 e. The van der Waals surface area contributed by atoms with Gasteiger partial charge in [-0.1, -0.05) is 31.0 Å². The summed E-state index contributed by atoms with van der Waals surface area (Å²) in [6.45, 7) is 0. The third-order valence-corrected chi connectivity index (χ3v) is 5.46. The van der Waals surface area contributed by atoms with Gasteiger partial charge >= 0.3 is 5.97 Å². The van der Waals surface area contributed by atoms with Crippen molar-refractivity contribution in [1.29, 1.82) is 0 Å². The van der Waals surface area contributed by atoms with Crippen molar-refractivity contribution in [2.45, 2.75) is 44.2 Å². The van der Waals surface area contributed by atoms with Gasteiger partial charge in [0.1, 0.15) is 6.04 Å². The zero-order chi connectivity index (χ0) is 17.4. The summed E-state index contributed by atoms with van der Waals surface area (Å²) in [4.78, 5) is 26.4. The first-order valence-electron chi connectivity index (χ1n) is 8.80. The van der Waals surface area contributed by atoms with Crippen LogP contribution in [0, 0.1) is 5.92 Å². The van der Waals surface area contributed by atoms with E-state index in [0.717, 1.165) is 31.4 Å². The monoisotopic (exact) mass is 339 g/mol. The minimum Gasteiger partial charge on any atom is -0.480 e. The summed E-state index contributed by atoms with van der Waals surface area (Å²) in [5.41, 5.74) is 1.31. The van der Waals surface area contributed by atoms with E-state index >= 15 is 0 Å². The van der Waals surface area contributed by atoms with E-state index in [0.29, 0.717) is 17.9 Å². The number of para-hydroxylation sites is 1. The van der Waals surface area contributed by atoms with Gasteiger partial charge in [0.25, 0.3) is 5.91 Å². The van der Waals surface area contributed by atoms with Crippen molar-refractivity contribution in [3.05, 3.63) is 48.3 Å². The number of fused-ring (bicyclic) bond motifs is 1. The van der Waals surface area contributed by atoms with Gasteiger partial charge in [0, 0.05) is 12.2 Å². The van der Waals surface area contributed by atoms with Crippen LogP contribution in [0.5, 0.6) is 0 Å². The molecule has 1 aromatic heterocycles. The molecule has 1 aromatic carbocycles. The van der Waals surface area contributed by atoms with Crippen molar-refractivity contribution in [3.63, 3.8) is 0 Å². The van der Waals surface area contributed by atoms with Gasteiger partial charge < -0.3 is 10.0 Å². The molecule has 0 bridgehead atoms. The quantitative estimate of drug-likeness (QED) is 0.933. The highest BCUT2D eigenvalue weighted by Crippen LogP contribution is 2.40. The molecule has 2 fully saturated rings. The molecule has 1 saturated carbocycles. The molecule has 1 amide bonds. The molecular weight excluding hydrogens is 318 g/mol. The molecule has 130 valence electrons. The summed E-state index contributed by atoms with van der Waals surface area (Å²) in [7, 11) is 0. The number of carbonyl (C=O) groups is 2. The van der Waals surface area contributed by atoms with Crippen LogP contribution in [-0.4, -0.2) is 43.7 Å². The number of carboxylic acid groups (broad SMARTS) is 1. The number of aliphatic carboxylic acids is 1. The van der Waals surface area contributed by atoms with E-state index in [-0.39, 0.29) is 11.9 Å². The molecule has 1 aliphatic carbocycles. The molecular formula is C19H21N3O3. The largest absolute Gasteiger partial charge is 0.480 e. The van der Waals surface area contributed by atoms with Crippen LogP contribution in [0.3, 0.4) is 0 Å². The van der Waals surface area contributed by atoms with Gasteiger partial charge in [-0.05, 0) is 37.3 Å². The lowest BCUT2D eigenvalue weighted by atomic mass is 9.84. The van der Waals surface area contributed by atoms with Crippen molar-refractivity contribution < 1.29 is 14.7 Å². The normalized spacial score (nSPS) is 25.6. The van der Waals surface area contributed by atoms with Gasteiger partial charge in [-0.3, -0.25) is 4.79 Å². The lowest BCUT2D eigenvalue weighted by Gasteiger charge is -2.32. The van der Waals surface area contributed by atoms with E-state index in [1.54, 1.807) is 15.8 Å². The van der Waals surface area contributed by atoms with E-state index < -0.39 is 12.0 Å². The Balaban J connectivity index is 1.63. The van der Waals surface area contributed by atoms with Gasteiger partial charge in [-0.2, -0.15) is 5.10 Å². The highest BCUT2D eigenvalue weighted by atomic mass is 16.4. The van der Waals surface area contributed by atoms with E-state index in [4.69, 9.17) is 0 Å². The van der Waals surface area contributed by atoms with Crippen molar-refractivity contribution in [1.82, 2.24) is 14.7 Å². The van der Waals surface area contributed by atoms with Crippen LogP contribution in [0.25, 0.3) is 5.69 Å². The molecule has 25 heavy (non-hydrogen) atoms. The number of amides is 1. The summed E-state index contributed by atoms with van der Waals surface area (Å²) in [6, 6.07) is 8.88. The number of nitrogens with zero attached hydrogens (tertiary/aromatic N) is 3. The van der Waals surface area contributed by atoms with Crippen LogP contribution >= 0.6 is 0 Å². The Bertz CT molecular complexity index is 786. The smallest absolute Gasteiger partial charge is 0.326 e. The highest BCUT2D eigenvalue weighted by molar-refractivity contribution is 5.97. The SMILES string of the molecule is O=C(O)[C@@H]1C[C@H]2CCCC[C@@H]2N1C(=O)c1cnn(-c2ccccc2)c1. The Labute approximate surface area is 146 Å². The van der Waals surface area contributed by atoms with E-state index in [2.05, 4.69) is 5.10 Å². The summed E-state index contributed by atoms with van der Waals surface area (Å²) < 4.78 is 1.65. The fourth-order valence-corrected chi connectivity index (χ4v) is 4.28. The summed E-state index contributed by atoms with van der Waals surface area (Å²) in [5.74, 6) is -0.815. The van der Waals surface area contributed by atoms with Gasteiger partial charge in [-0.15, -0.1) is 0 Å². The Hall–Kier alpha value is -2.63. The number of aromatic nitrogens is 2. The maximum atomic E-state index is 13.1. The lowest BCUT2D eigenvalue weighted by Crippen LogP contribution is -2.46. The number of likely N-dealkylation sites (tertiary alicyclic amines) is 1. The second kappa shape index (κ2) is 6.35. The third-order valence-electron chi connectivity index (χ3n) is 5.46. The van der Waals surface area contributed by atoms with Gasteiger partial charge in [-0.25, -0.2) is 9.48 Å². The number of carboxylic acids is 1. The lowest BCUT2D eigenvalue weighted by molar-refractivity contribution is -0.141. The van der Waals surface area contributed by atoms with Crippen LogP contribution in [-0.2, 0) is 4.79 Å². The average molecular weight is 339 g/mol. The Morgan fingerprint density at radius 1 is 1.12 bits per heavy atom. The molecule has 2 aromatic rings. The summed E-state index contributed by atoms with van der Waals surface area (Å²) in [5, 5.41) is 13.9. The minimum absolute atomic E-state index is 0.0439. The molecule has 6 nitrogen and oxygen atoms in total. The average Bonchev–Trinajstić information content (AvgIpc) is 3.27. The number of hydrogen-bond acceptors (Lipinski definition) is 3. The fourth-order valence-electron chi connectivity index (χ4n) is 4.28.